The Kier molecular flexibility index (Phi) is 5.07. The summed E-state index contributed by atoms with van der Waals surface area (Å²) >= 11 is 1.64. The van der Waals surface area contributed by atoms with Crippen LogP contribution in [0.1, 0.15) is 42.7 Å². The lowest BCUT2D eigenvalue weighted by Crippen LogP contribution is -2.51. The summed E-state index contributed by atoms with van der Waals surface area (Å²) in [7, 11) is -1.71. The van der Waals surface area contributed by atoms with Crippen molar-refractivity contribution >= 4 is 43.2 Å². The van der Waals surface area contributed by atoms with Gasteiger partial charge in [-0.05, 0) is 68.3 Å². The molecule has 1 atom stereocenters. The molecule has 5 nitrogen and oxygen atoms in total. The van der Waals surface area contributed by atoms with Crippen molar-refractivity contribution < 1.29 is 13.2 Å². The molecule has 2 aromatic rings. The first-order valence-electron chi connectivity index (χ1n) is 10.1. The average molecular weight is 455 g/mol. The van der Waals surface area contributed by atoms with E-state index in [0.29, 0.717) is 18.4 Å². The molecule has 1 aliphatic heterocycles. The normalized spacial score (nSPS) is 23.4. The van der Waals surface area contributed by atoms with Gasteiger partial charge in [0, 0.05) is 9.58 Å². The van der Waals surface area contributed by atoms with Gasteiger partial charge in [-0.15, -0.1) is 17.3 Å². The van der Waals surface area contributed by atoms with Crippen LogP contribution in [-0.4, -0.2) is 37.4 Å². The Labute approximate surface area is 187 Å². The fraction of sp³-hybridized carbons (Fsp3) is 0.375. The van der Waals surface area contributed by atoms with Crippen molar-refractivity contribution in [1.82, 2.24) is 0 Å². The van der Waals surface area contributed by atoms with Crippen molar-refractivity contribution in [3.05, 3.63) is 46.4 Å². The summed E-state index contributed by atoms with van der Waals surface area (Å²) in [5.74, 6) is 6.93. The van der Waals surface area contributed by atoms with E-state index in [1.807, 2.05) is 18.2 Å². The van der Waals surface area contributed by atoms with Crippen LogP contribution in [-0.2, 0) is 9.84 Å². The Morgan fingerprint density at radius 3 is 2.68 bits per heavy atom. The number of nitrogens with two attached hydrogens (primary N) is 1. The second kappa shape index (κ2) is 7.25. The van der Waals surface area contributed by atoms with Crippen LogP contribution >= 0.6 is 11.3 Å². The van der Waals surface area contributed by atoms with Gasteiger partial charge in [0.1, 0.15) is 16.3 Å². The zero-order valence-electron chi connectivity index (χ0n) is 18.2. The van der Waals surface area contributed by atoms with Crippen molar-refractivity contribution in [3.8, 4) is 17.6 Å². The number of aliphatic imine (C=N–C) groups is 1. The van der Waals surface area contributed by atoms with Gasteiger partial charge in [0.25, 0.3) is 0 Å². The summed E-state index contributed by atoms with van der Waals surface area (Å²) < 4.78 is 31.4. The Bertz CT molecular complexity index is 1330. The summed E-state index contributed by atoms with van der Waals surface area (Å²) in [6, 6.07) is 4.06. The third-order valence-corrected chi connectivity index (χ3v) is 10.3. The molecule has 7 heteroatoms. The Hall–Kier alpha value is -2.56. The van der Waals surface area contributed by atoms with Gasteiger partial charge in [-0.3, -0.25) is 4.99 Å². The molecule has 2 aliphatic rings. The van der Waals surface area contributed by atoms with Crippen LogP contribution in [0.2, 0.25) is 0 Å². The molecule has 31 heavy (non-hydrogen) atoms. The molecule has 1 aromatic carbocycles. The summed E-state index contributed by atoms with van der Waals surface area (Å²) in [5, 5.41) is 1.12. The van der Waals surface area contributed by atoms with Crippen LogP contribution in [0.3, 0.4) is 0 Å². The van der Waals surface area contributed by atoms with E-state index in [1.54, 1.807) is 32.3 Å². The molecule has 2 heterocycles. The fourth-order valence-electron chi connectivity index (χ4n) is 4.10. The van der Waals surface area contributed by atoms with E-state index in [1.165, 1.54) is 0 Å². The van der Waals surface area contributed by atoms with E-state index >= 15 is 0 Å². The molecular weight excluding hydrogens is 428 g/mol. The number of ether oxygens (including phenoxy) is 1. The number of rotatable bonds is 4. The van der Waals surface area contributed by atoms with E-state index in [-0.39, 0.29) is 11.6 Å². The van der Waals surface area contributed by atoms with E-state index in [9.17, 15) is 8.42 Å². The summed E-state index contributed by atoms with van der Waals surface area (Å²) in [6.45, 7) is 9.79. The number of methoxy groups -OCH3 is 1. The van der Waals surface area contributed by atoms with Crippen molar-refractivity contribution in [1.29, 1.82) is 0 Å². The molecule has 0 unspecified atom stereocenters. The van der Waals surface area contributed by atoms with Gasteiger partial charge in [0.05, 0.1) is 24.0 Å². The largest absolute Gasteiger partial charge is 0.495 e. The molecule has 1 aromatic heterocycles. The Morgan fingerprint density at radius 1 is 1.39 bits per heavy atom. The second-order valence-corrected chi connectivity index (χ2v) is 11.8. The lowest BCUT2D eigenvalue weighted by atomic mass is 9.94. The molecule has 1 saturated carbocycles. The van der Waals surface area contributed by atoms with Gasteiger partial charge in [-0.1, -0.05) is 18.6 Å². The predicted molar refractivity (Wildman–Crippen MR) is 130 cm³/mol. The maximum atomic E-state index is 12.8. The third kappa shape index (κ3) is 3.38. The third-order valence-electron chi connectivity index (χ3n) is 6.29. The number of hydrogen-bond donors (Lipinski definition) is 1. The van der Waals surface area contributed by atoms with Crippen LogP contribution in [0.5, 0.6) is 5.75 Å². The van der Waals surface area contributed by atoms with Crippen molar-refractivity contribution in [2.45, 2.75) is 43.9 Å². The van der Waals surface area contributed by atoms with E-state index < -0.39 is 20.1 Å². The zero-order valence-corrected chi connectivity index (χ0v) is 19.8. The highest BCUT2D eigenvalue weighted by molar-refractivity contribution is 7.94. The van der Waals surface area contributed by atoms with Crippen LogP contribution in [0, 0.1) is 18.8 Å². The molecular formula is C24H26N2O3S2. The standard InChI is InChI=1S/C24H26N2O3S2/c1-6-7-17-12-18-16(3)20(30-21(18)13-19(17)29-5)9-8-15(2)23(4)14-31(27,28)24(10-11-24)22(25)26-23/h8-9,12-13H,2,10-11,14H2,1,3-5H3,(H2,25,26)/b9-8-/t23-/m0/s1. The number of nitrogens with zero attached hydrogens (tertiary/aromatic N) is 1. The van der Waals surface area contributed by atoms with Crippen molar-refractivity contribution in [2.75, 3.05) is 12.9 Å². The topological polar surface area (TPSA) is 81.8 Å². The van der Waals surface area contributed by atoms with E-state index in [0.717, 1.165) is 31.8 Å². The molecule has 1 aliphatic carbocycles. The monoisotopic (exact) mass is 454 g/mol. The highest BCUT2D eigenvalue weighted by Crippen LogP contribution is 2.49. The molecule has 0 amide bonds. The lowest BCUT2D eigenvalue weighted by Gasteiger charge is -2.34. The van der Waals surface area contributed by atoms with Gasteiger partial charge in [0.15, 0.2) is 9.84 Å². The van der Waals surface area contributed by atoms with Gasteiger partial charge in [-0.2, -0.15) is 0 Å². The van der Waals surface area contributed by atoms with Gasteiger partial charge in [0.2, 0.25) is 0 Å². The van der Waals surface area contributed by atoms with Crippen LogP contribution in [0.4, 0.5) is 0 Å². The number of sulfone groups is 1. The zero-order chi connectivity index (χ0) is 22.6. The minimum atomic E-state index is -3.36. The maximum absolute atomic E-state index is 12.8. The first kappa shape index (κ1) is 21.7. The summed E-state index contributed by atoms with van der Waals surface area (Å²) in [6.07, 6.45) is 4.97. The van der Waals surface area contributed by atoms with E-state index in [2.05, 4.69) is 36.4 Å². The fourth-order valence-corrected chi connectivity index (χ4v) is 7.57. The Morgan fingerprint density at radius 2 is 2.10 bits per heavy atom. The van der Waals surface area contributed by atoms with Crippen molar-refractivity contribution in [3.63, 3.8) is 0 Å². The predicted octanol–water partition coefficient (Wildman–Crippen LogP) is 4.24. The first-order valence-corrected chi connectivity index (χ1v) is 12.5. The second-order valence-electron chi connectivity index (χ2n) is 8.40. The Balaban J connectivity index is 1.68. The number of thiophene rings is 1. The first-order chi connectivity index (χ1) is 14.6. The SMILES string of the molecule is C=C(/C=C\c1sc2cc(OC)c(C#CC)cc2c1C)[C@]1(C)CS(=O)(=O)C2(CC2)C(N)=N1. The van der Waals surface area contributed by atoms with Crippen LogP contribution < -0.4 is 10.5 Å². The van der Waals surface area contributed by atoms with Gasteiger partial charge < -0.3 is 10.5 Å². The molecule has 0 bridgehead atoms. The number of hydrogen-bond acceptors (Lipinski definition) is 6. The maximum Gasteiger partial charge on any atom is 0.165 e. The van der Waals surface area contributed by atoms with Crippen LogP contribution in [0.15, 0.2) is 35.4 Å². The number of fused-ring (bicyclic) bond motifs is 1. The molecule has 4 rings (SSSR count). The molecule has 2 N–H and O–H groups in total. The molecule has 1 spiro atoms. The van der Waals surface area contributed by atoms with Crippen LogP contribution in [0.25, 0.3) is 16.2 Å². The van der Waals surface area contributed by atoms with Crippen molar-refractivity contribution in [2.24, 2.45) is 10.7 Å². The lowest BCUT2D eigenvalue weighted by molar-refractivity contribution is 0.414. The molecule has 162 valence electrons. The average Bonchev–Trinajstić information content (AvgIpc) is 3.47. The summed E-state index contributed by atoms with van der Waals surface area (Å²) in [5.41, 5.74) is 7.76. The quantitative estimate of drug-likeness (QED) is 0.553. The molecule has 0 saturated heterocycles. The minimum Gasteiger partial charge on any atom is -0.495 e. The number of benzene rings is 1. The van der Waals surface area contributed by atoms with Gasteiger partial charge in [-0.25, -0.2) is 8.42 Å². The molecule has 0 radical (unpaired) electrons. The highest BCUT2D eigenvalue weighted by atomic mass is 32.2. The number of aryl methyl sites for hydroxylation is 1. The summed E-state index contributed by atoms with van der Waals surface area (Å²) in [4.78, 5) is 5.66. The van der Waals surface area contributed by atoms with E-state index in [4.69, 9.17) is 10.5 Å². The van der Waals surface area contributed by atoms with Gasteiger partial charge >= 0.3 is 0 Å². The smallest absolute Gasteiger partial charge is 0.165 e. The number of amidine groups is 1. The minimum absolute atomic E-state index is 0.0640. The molecule has 1 fully saturated rings. The highest BCUT2D eigenvalue weighted by Gasteiger charge is 2.62.